The van der Waals surface area contributed by atoms with Crippen LogP contribution in [-0.2, 0) is 4.79 Å². The average molecular weight is 361 g/mol. The number of hydrogen-bond donors (Lipinski definition) is 2. The number of nitrogens with two attached hydrogens (primary N) is 1. The van der Waals surface area contributed by atoms with E-state index in [0.717, 1.165) is 6.54 Å². The quantitative estimate of drug-likeness (QED) is 0.830. The normalized spacial score (nSPS) is 20.3. The van der Waals surface area contributed by atoms with Crippen molar-refractivity contribution in [2.24, 2.45) is 5.73 Å². The first kappa shape index (κ1) is 18.3. The van der Waals surface area contributed by atoms with Gasteiger partial charge >= 0.3 is 6.61 Å². The molecule has 1 aliphatic rings. The third kappa shape index (κ3) is 4.77. The Morgan fingerprint density at radius 1 is 1.15 bits per heavy atom. The molecule has 1 heterocycles. The summed E-state index contributed by atoms with van der Waals surface area (Å²) in [6.45, 7) is -1.27. The third-order valence-electron chi connectivity index (χ3n) is 4.40. The molecule has 7 heteroatoms. The average Bonchev–Trinajstić information content (AvgIpc) is 2.97. The van der Waals surface area contributed by atoms with Gasteiger partial charge in [0.1, 0.15) is 5.75 Å². The summed E-state index contributed by atoms with van der Waals surface area (Å²) in [4.78, 5) is 14.3. The van der Waals surface area contributed by atoms with E-state index in [1.54, 1.807) is 0 Å². The minimum atomic E-state index is -2.87. The summed E-state index contributed by atoms with van der Waals surface area (Å²) in [6.07, 6.45) is 0. The fourth-order valence-electron chi connectivity index (χ4n) is 3.22. The summed E-state index contributed by atoms with van der Waals surface area (Å²) in [6, 6.07) is 15.9. The summed E-state index contributed by atoms with van der Waals surface area (Å²) in [5.41, 5.74) is 7.94. The van der Waals surface area contributed by atoms with E-state index < -0.39 is 6.61 Å². The monoisotopic (exact) mass is 361 g/mol. The molecule has 0 saturated carbocycles. The topological polar surface area (TPSA) is 67.6 Å². The summed E-state index contributed by atoms with van der Waals surface area (Å²) >= 11 is 0. The zero-order valence-corrected chi connectivity index (χ0v) is 14.1. The van der Waals surface area contributed by atoms with Crippen LogP contribution in [0.5, 0.6) is 5.75 Å². The van der Waals surface area contributed by atoms with Crippen molar-refractivity contribution >= 4 is 11.6 Å². The number of benzene rings is 2. The van der Waals surface area contributed by atoms with Crippen LogP contribution >= 0.6 is 0 Å². The Balaban J connectivity index is 1.52. The number of alkyl halides is 2. The Kier molecular flexibility index (Phi) is 5.80. The molecule has 2 atom stereocenters. The molecule has 0 aromatic heterocycles. The highest BCUT2D eigenvalue weighted by molar-refractivity contribution is 5.92. The lowest BCUT2D eigenvalue weighted by molar-refractivity contribution is -0.117. The van der Waals surface area contributed by atoms with Crippen molar-refractivity contribution in [1.29, 1.82) is 0 Å². The zero-order chi connectivity index (χ0) is 18.5. The van der Waals surface area contributed by atoms with Crippen LogP contribution in [0, 0.1) is 0 Å². The number of anilines is 1. The molecule has 1 saturated heterocycles. The minimum Gasteiger partial charge on any atom is -0.435 e. The van der Waals surface area contributed by atoms with Crippen molar-refractivity contribution in [3.05, 3.63) is 60.2 Å². The maximum absolute atomic E-state index is 12.2. The van der Waals surface area contributed by atoms with Gasteiger partial charge < -0.3 is 15.8 Å². The van der Waals surface area contributed by atoms with Crippen molar-refractivity contribution in [2.75, 3.05) is 25.0 Å². The summed E-state index contributed by atoms with van der Waals surface area (Å²) in [7, 11) is 0. The van der Waals surface area contributed by atoms with E-state index in [1.807, 2.05) is 23.1 Å². The molecular formula is C19H21F2N3O2. The van der Waals surface area contributed by atoms with E-state index >= 15 is 0 Å². The number of likely N-dealkylation sites (tertiary alicyclic amines) is 1. The molecular weight excluding hydrogens is 340 g/mol. The summed E-state index contributed by atoms with van der Waals surface area (Å²) < 4.78 is 28.6. The summed E-state index contributed by atoms with van der Waals surface area (Å²) in [5.74, 6) is 0.0810. The van der Waals surface area contributed by atoms with Crippen LogP contribution in [-0.4, -0.2) is 43.1 Å². The van der Waals surface area contributed by atoms with Crippen LogP contribution in [0.2, 0.25) is 0 Å². The van der Waals surface area contributed by atoms with Crippen molar-refractivity contribution in [1.82, 2.24) is 4.90 Å². The molecule has 0 bridgehead atoms. The van der Waals surface area contributed by atoms with Crippen LogP contribution in [0.15, 0.2) is 54.6 Å². The van der Waals surface area contributed by atoms with Gasteiger partial charge in [0, 0.05) is 30.7 Å². The van der Waals surface area contributed by atoms with Gasteiger partial charge in [0.25, 0.3) is 0 Å². The minimum absolute atomic E-state index is 0.0176. The molecule has 2 aromatic carbocycles. The molecule has 5 nitrogen and oxygen atoms in total. The molecule has 0 spiro atoms. The third-order valence-corrected chi connectivity index (χ3v) is 4.40. The molecule has 1 aliphatic heterocycles. The lowest BCUT2D eigenvalue weighted by Gasteiger charge is -2.16. The second kappa shape index (κ2) is 8.25. The maximum Gasteiger partial charge on any atom is 0.387 e. The van der Waals surface area contributed by atoms with Gasteiger partial charge in [0.15, 0.2) is 0 Å². The van der Waals surface area contributed by atoms with E-state index in [0.29, 0.717) is 12.2 Å². The Hall–Kier alpha value is -2.51. The highest BCUT2D eigenvalue weighted by Crippen LogP contribution is 2.26. The Labute approximate surface area is 150 Å². The van der Waals surface area contributed by atoms with Crippen LogP contribution in [0.4, 0.5) is 14.5 Å². The number of carbonyl (C=O) groups is 1. The SMILES string of the molecule is N[C@@H]1CN(CC(=O)Nc2ccc(OC(F)F)cc2)C[C@H]1c1ccccc1. The van der Waals surface area contributed by atoms with Gasteiger partial charge in [-0.15, -0.1) is 0 Å². The number of halogens is 2. The predicted octanol–water partition coefficient (Wildman–Crippen LogP) is 2.65. The first-order valence-corrected chi connectivity index (χ1v) is 8.39. The van der Waals surface area contributed by atoms with E-state index in [9.17, 15) is 13.6 Å². The fraction of sp³-hybridized carbons (Fsp3) is 0.316. The molecule has 26 heavy (non-hydrogen) atoms. The number of hydrogen-bond acceptors (Lipinski definition) is 4. The maximum atomic E-state index is 12.2. The van der Waals surface area contributed by atoms with Gasteiger partial charge in [-0.05, 0) is 29.8 Å². The van der Waals surface area contributed by atoms with Crippen molar-refractivity contribution in [2.45, 2.75) is 18.6 Å². The standard InChI is InChI=1S/C19H21F2N3O2/c20-19(21)26-15-8-6-14(7-9-15)23-18(25)12-24-10-16(17(22)11-24)13-4-2-1-3-5-13/h1-9,16-17,19H,10-12,22H2,(H,23,25)/t16-,17+/m0/s1. The molecule has 0 aliphatic carbocycles. The van der Waals surface area contributed by atoms with Gasteiger partial charge in [-0.3, -0.25) is 9.69 Å². The summed E-state index contributed by atoms with van der Waals surface area (Å²) in [5, 5.41) is 2.75. The van der Waals surface area contributed by atoms with E-state index in [4.69, 9.17) is 5.73 Å². The van der Waals surface area contributed by atoms with Crippen LogP contribution in [0.25, 0.3) is 0 Å². The lowest BCUT2D eigenvalue weighted by atomic mass is 9.95. The van der Waals surface area contributed by atoms with E-state index in [1.165, 1.54) is 29.8 Å². The molecule has 0 unspecified atom stereocenters. The molecule has 1 fully saturated rings. The zero-order valence-electron chi connectivity index (χ0n) is 14.1. The molecule has 138 valence electrons. The van der Waals surface area contributed by atoms with Gasteiger partial charge in [-0.25, -0.2) is 0 Å². The largest absolute Gasteiger partial charge is 0.435 e. The van der Waals surface area contributed by atoms with E-state index in [-0.39, 0.29) is 30.2 Å². The first-order valence-electron chi connectivity index (χ1n) is 8.39. The van der Waals surface area contributed by atoms with Gasteiger partial charge in [-0.2, -0.15) is 8.78 Å². The second-order valence-electron chi connectivity index (χ2n) is 6.33. The molecule has 1 amide bonds. The molecule has 3 rings (SSSR count). The predicted molar refractivity (Wildman–Crippen MR) is 95.3 cm³/mol. The van der Waals surface area contributed by atoms with E-state index in [2.05, 4.69) is 22.2 Å². The highest BCUT2D eigenvalue weighted by Gasteiger charge is 2.31. The Bertz CT molecular complexity index is 725. The van der Waals surface area contributed by atoms with Gasteiger partial charge in [0.2, 0.25) is 5.91 Å². The number of ether oxygens (including phenoxy) is 1. The number of nitrogens with one attached hydrogen (secondary N) is 1. The number of carbonyl (C=O) groups excluding carboxylic acids is 1. The highest BCUT2D eigenvalue weighted by atomic mass is 19.3. The van der Waals surface area contributed by atoms with Crippen molar-refractivity contribution in [3.8, 4) is 5.75 Å². The van der Waals surface area contributed by atoms with Crippen LogP contribution in [0.3, 0.4) is 0 Å². The first-order chi connectivity index (χ1) is 12.5. The second-order valence-corrected chi connectivity index (χ2v) is 6.33. The van der Waals surface area contributed by atoms with Gasteiger partial charge in [0.05, 0.1) is 6.54 Å². The Morgan fingerprint density at radius 3 is 2.50 bits per heavy atom. The van der Waals surface area contributed by atoms with Crippen molar-refractivity contribution < 1.29 is 18.3 Å². The molecule has 3 N–H and O–H groups in total. The van der Waals surface area contributed by atoms with Crippen molar-refractivity contribution in [3.63, 3.8) is 0 Å². The molecule has 0 radical (unpaired) electrons. The Morgan fingerprint density at radius 2 is 1.85 bits per heavy atom. The smallest absolute Gasteiger partial charge is 0.387 e. The van der Waals surface area contributed by atoms with Crippen LogP contribution < -0.4 is 15.8 Å². The van der Waals surface area contributed by atoms with Gasteiger partial charge in [-0.1, -0.05) is 30.3 Å². The lowest BCUT2D eigenvalue weighted by Crippen LogP contribution is -2.33. The molecule has 2 aromatic rings. The fourth-order valence-corrected chi connectivity index (χ4v) is 3.22. The number of nitrogens with zero attached hydrogens (tertiary/aromatic N) is 1. The number of amides is 1. The van der Waals surface area contributed by atoms with Crippen LogP contribution in [0.1, 0.15) is 11.5 Å². The number of rotatable bonds is 6.